The van der Waals surface area contributed by atoms with Gasteiger partial charge in [0.2, 0.25) is 5.95 Å². The van der Waals surface area contributed by atoms with Crippen LogP contribution < -0.4 is 27.4 Å². The molecule has 3 rings (SSSR count). The predicted molar refractivity (Wildman–Crippen MR) is 120 cm³/mol. The molecule has 1 fully saturated rings. The Bertz CT molecular complexity index is 1050. The topological polar surface area (TPSA) is 142 Å². The number of carbonyl (C=O) groups excluding carboxylic acids is 1. The lowest BCUT2D eigenvalue weighted by molar-refractivity contribution is -0.114. The minimum absolute atomic E-state index is 0.0393. The van der Waals surface area contributed by atoms with Gasteiger partial charge in [0.15, 0.2) is 11.6 Å². The molecule has 0 atom stereocenters. The van der Waals surface area contributed by atoms with Crippen LogP contribution in [0.25, 0.3) is 0 Å². The van der Waals surface area contributed by atoms with Crippen LogP contribution in [0.5, 0.6) is 0 Å². The van der Waals surface area contributed by atoms with Crippen LogP contribution in [0.3, 0.4) is 0 Å². The number of amides is 1. The van der Waals surface area contributed by atoms with Gasteiger partial charge < -0.3 is 27.4 Å². The Morgan fingerprint density at radius 1 is 1.15 bits per heavy atom. The lowest BCUT2D eigenvalue weighted by Gasteiger charge is -2.40. The molecule has 0 unspecified atom stereocenters. The molecule has 11 heteroatoms. The quantitative estimate of drug-likeness (QED) is 0.154. The third kappa shape index (κ3) is 6.22. The smallest absolute Gasteiger partial charge is 0.253 e. The Hall–Kier alpha value is -3.60. The lowest BCUT2D eigenvalue weighted by Crippen LogP contribution is -2.53. The average molecular weight is 461 g/mol. The third-order valence-corrected chi connectivity index (χ3v) is 5.68. The van der Waals surface area contributed by atoms with Crippen LogP contribution in [0.15, 0.2) is 48.3 Å². The molecule has 0 bridgehead atoms. The highest BCUT2D eigenvalue weighted by molar-refractivity contribution is 6.23. The molecule has 1 heterocycles. The van der Waals surface area contributed by atoms with Gasteiger partial charge in [-0.3, -0.25) is 10.2 Å². The van der Waals surface area contributed by atoms with Crippen molar-refractivity contribution in [2.75, 3.05) is 17.2 Å². The van der Waals surface area contributed by atoms with Crippen molar-refractivity contribution >= 4 is 23.1 Å². The number of pyridine rings is 1. The SMILES string of the molecule is N=C(Nc1ccnc(F)c1)/C(=C\NC1(CN)CCC(Nc2ccc(F)c(F)c2)CC1)C(N)=O. The van der Waals surface area contributed by atoms with Gasteiger partial charge in [-0.05, 0) is 43.9 Å². The van der Waals surface area contributed by atoms with E-state index in [1.54, 1.807) is 0 Å². The minimum atomic E-state index is -0.913. The Morgan fingerprint density at radius 2 is 1.88 bits per heavy atom. The van der Waals surface area contributed by atoms with Gasteiger partial charge in [-0.1, -0.05) is 0 Å². The number of hydrogen-bond donors (Lipinski definition) is 6. The lowest BCUT2D eigenvalue weighted by atomic mass is 9.79. The summed E-state index contributed by atoms with van der Waals surface area (Å²) in [6.45, 7) is 0.268. The van der Waals surface area contributed by atoms with Gasteiger partial charge in [-0.2, -0.15) is 4.39 Å². The Balaban J connectivity index is 1.63. The normalized spacial score (nSPS) is 20.7. The first-order valence-electron chi connectivity index (χ1n) is 10.4. The van der Waals surface area contributed by atoms with Crippen LogP contribution in [0, 0.1) is 23.0 Å². The minimum Gasteiger partial charge on any atom is -0.383 e. The highest BCUT2D eigenvalue weighted by Gasteiger charge is 2.34. The van der Waals surface area contributed by atoms with Crippen LogP contribution in [-0.4, -0.2) is 34.9 Å². The molecule has 8 N–H and O–H groups in total. The van der Waals surface area contributed by atoms with E-state index in [4.69, 9.17) is 16.9 Å². The summed E-state index contributed by atoms with van der Waals surface area (Å²) in [6.07, 6.45) is 5.22. The summed E-state index contributed by atoms with van der Waals surface area (Å²) in [5.74, 6) is -3.69. The molecule has 0 aliphatic heterocycles. The number of hydrogen-bond acceptors (Lipinski definition) is 6. The Morgan fingerprint density at radius 3 is 2.48 bits per heavy atom. The summed E-state index contributed by atoms with van der Waals surface area (Å²) in [6, 6.07) is 6.25. The van der Waals surface area contributed by atoms with Crippen molar-refractivity contribution in [2.24, 2.45) is 11.5 Å². The van der Waals surface area contributed by atoms with E-state index < -0.39 is 29.0 Å². The molecule has 1 aromatic carbocycles. The highest BCUT2D eigenvalue weighted by atomic mass is 19.2. The second-order valence-electron chi connectivity index (χ2n) is 7.97. The molecule has 1 saturated carbocycles. The monoisotopic (exact) mass is 461 g/mol. The van der Waals surface area contributed by atoms with Gasteiger partial charge in [0.1, 0.15) is 5.84 Å². The number of benzene rings is 1. The Labute approximate surface area is 189 Å². The molecular formula is C22H26F3N7O. The van der Waals surface area contributed by atoms with Gasteiger partial charge >= 0.3 is 0 Å². The van der Waals surface area contributed by atoms with E-state index in [-0.39, 0.29) is 29.7 Å². The van der Waals surface area contributed by atoms with Crippen LogP contribution in [0.2, 0.25) is 0 Å². The maximum Gasteiger partial charge on any atom is 0.253 e. The van der Waals surface area contributed by atoms with Crippen molar-refractivity contribution < 1.29 is 18.0 Å². The molecule has 1 aromatic heterocycles. The molecule has 33 heavy (non-hydrogen) atoms. The Kier molecular flexibility index (Phi) is 7.54. The number of carbonyl (C=O) groups is 1. The summed E-state index contributed by atoms with van der Waals surface area (Å²) in [5.41, 5.74) is 11.5. The third-order valence-electron chi connectivity index (χ3n) is 5.68. The fourth-order valence-electron chi connectivity index (χ4n) is 3.73. The number of nitrogens with two attached hydrogens (primary N) is 2. The van der Waals surface area contributed by atoms with Gasteiger partial charge in [0.25, 0.3) is 5.91 Å². The largest absolute Gasteiger partial charge is 0.383 e. The van der Waals surface area contributed by atoms with Crippen LogP contribution in [-0.2, 0) is 4.79 Å². The van der Waals surface area contributed by atoms with Crippen molar-refractivity contribution in [3.63, 3.8) is 0 Å². The first-order valence-corrected chi connectivity index (χ1v) is 10.4. The second-order valence-corrected chi connectivity index (χ2v) is 7.97. The first kappa shape index (κ1) is 24.1. The zero-order valence-corrected chi connectivity index (χ0v) is 17.8. The number of anilines is 2. The van der Waals surface area contributed by atoms with E-state index in [2.05, 4.69) is 20.9 Å². The summed E-state index contributed by atoms with van der Waals surface area (Å²) >= 11 is 0. The molecule has 2 aromatic rings. The molecule has 1 aliphatic rings. The number of primary amides is 1. The number of nitrogens with one attached hydrogen (secondary N) is 4. The van der Waals surface area contributed by atoms with E-state index in [1.807, 2.05) is 0 Å². The molecular weight excluding hydrogens is 435 g/mol. The van der Waals surface area contributed by atoms with Gasteiger partial charge in [0.05, 0.1) is 5.57 Å². The van der Waals surface area contributed by atoms with E-state index in [0.29, 0.717) is 31.4 Å². The van der Waals surface area contributed by atoms with E-state index in [0.717, 1.165) is 18.2 Å². The number of amidine groups is 1. The maximum absolute atomic E-state index is 13.4. The number of aromatic nitrogens is 1. The average Bonchev–Trinajstić information content (AvgIpc) is 2.77. The molecule has 0 saturated heterocycles. The second kappa shape index (κ2) is 10.3. The number of halogens is 3. The molecule has 0 radical (unpaired) electrons. The summed E-state index contributed by atoms with van der Waals surface area (Å²) in [7, 11) is 0. The predicted octanol–water partition coefficient (Wildman–Crippen LogP) is 2.60. The standard InChI is InChI=1S/C22H26F3N7O/c23-17-2-1-14(9-18(17)24)31-13-3-6-22(12-26,7-4-13)30-11-16(21(28)33)20(27)32-15-5-8-29-19(25)10-15/h1-2,5,8-11,13,30-31H,3-4,6-7,12,26H2,(H2,28,33)(H2,27,29,32)/b16-11+. The van der Waals surface area contributed by atoms with E-state index in [1.165, 1.54) is 24.5 Å². The first-order chi connectivity index (χ1) is 15.7. The molecule has 0 spiro atoms. The van der Waals surface area contributed by atoms with Gasteiger partial charge in [-0.25, -0.2) is 13.8 Å². The number of nitrogens with zero attached hydrogens (tertiary/aromatic N) is 1. The molecule has 176 valence electrons. The molecule has 1 amide bonds. The van der Waals surface area contributed by atoms with Gasteiger partial charge in [-0.15, -0.1) is 0 Å². The van der Waals surface area contributed by atoms with Crippen molar-refractivity contribution in [2.45, 2.75) is 37.3 Å². The van der Waals surface area contributed by atoms with Crippen LogP contribution >= 0.6 is 0 Å². The van der Waals surface area contributed by atoms with Crippen LogP contribution in [0.1, 0.15) is 25.7 Å². The molecule has 8 nitrogen and oxygen atoms in total. The zero-order valence-electron chi connectivity index (χ0n) is 17.8. The highest BCUT2D eigenvalue weighted by Crippen LogP contribution is 2.30. The summed E-state index contributed by atoms with van der Waals surface area (Å²) in [4.78, 5) is 15.4. The fraction of sp³-hybridized carbons (Fsp3) is 0.318. The summed E-state index contributed by atoms with van der Waals surface area (Å²) in [5, 5.41) is 17.1. The molecule has 1 aliphatic carbocycles. The maximum atomic E-state index is 13.4. The number of rotatable bonds is 8. The van der Waals surface area contributed by atoms with Crippen molar-refractivity contribution in [3.05, 3.63) is 65.9 Å². The van der Waals surface area contributed by atoms with Crippen LogP contribution in [0.4, 0.5) is 24.5 Å². The van der Waals surface area contributed by atoms with E-state index >= 15 is 0 Å². The fourth-order valence-corrected chi connectivity index (χ4v) is 3.73. The summed E-state index contributed by atoms with van der Waals surface area (Å²) < 4.78 is 39.8. The van der Waals surface area contributed by atoms with Gasteiger partial charge in [0, 0.05) is 54.0 Å². The van der Waals surface area contributed by atoms with E-state index in [9.17, 15) is 18.0 Å². The van der Waals surface area contributed by atoms with Crippen molar-refractivity contribution in [1.29, 1.82) is 5.41 Å². The zero-order chi connectivity index (χ0) is 24.0. The van der Waals surface area contributed by atoms with Crippen molar-refractivity contribution in [1.82, 2.24) is 10.3 Å². The van der Waals surface area contributed by atoms with Crippen molar-refractivity contribution in [3.8, 4) is 0 Å².